The molecule has 0 bridgehead atoms. The molecule has 1 nitrogen and oxygen atoms in total. The lowest BCUT2D eigenvalue weighted by atomic mass is 9.82. The predicted octanol–water partition coefficient (Wildman–Crippen LogP) is 7.40. The monoisotopic (exact) mass is 373 g/mol. The number of hydrogen-bond donors (Lipinski definition) is 0. The van der Waals surface area contributed by atoms with E-state index in [2.05, 4.69) is 110 Å². The molecule has 0 radical (unpaired) electrons. The van der Waals surface area contributed by atoms with Crippen LogP contribution in [0.4, 0.5) is 0 Å². The number of rotatable bonds is 1. The minimum Gasteiger partial charge on any atom is -0.309 e. The van der Waals surface area contributed by atoms with E-state index < -0.39 is 0 Å². The van der Waals surface area contributed by atoms with Gasteiger partial charge in [0.1, 0.15) is 0 Å². The number of fused-ring (bicyclic) bond motifs is 7. The first-order chi connectivity index (χ1) is 14.1. The zero-order valence-electron chi connectivity index (χ0n) is 17.0. The highest BCUT2D eigenvalue weighted by Crippen LogP contribution is 2.53. The Morgan fingerprint density at radius 2 is 1.41 bits per heavy atom. The molecule has 6 rings (SSSR count). The van der Waals surface area contributed by atoms with Crippen molar-refractivity contribution in [2.24, 2.45) is 0 Å². The van der Waals surface area contributed by atoms with Crippen LogP contribution in [0.15, 0.2) is 84.9 Å². The van der Waals surface area contributed by atoms with E-state index in [0.717, 1.165) is 0 Å². The molecule has 0 unspecified atom stereocenters. The van der Waals surface area contributed by atoms with Crippen LogP contribution in [0.5, 0.6) is 0 Å². The number of aromatic nitrogens is 1. The van der Waals surface area contributed by atoms with Crippen molar-refractivity contribution in [3.05, 3.63) is 102 Å². The Labute approximate surface area is 171 Å². The maximum Gasteiger partial charge on any atom is 0.0547 e. The SMILES string of the molecule is Cc1ccc2c(c1)c1c3c(ccc1n2-c1ccccc1)C(C)(C)c1ccccc1-3. The molecule has 5 aromatic rings. The molecule has 0 atom stereocenters. The quantitative estimate of drug-likeness (QED) is 0.288. The van der Waals surface area contributed by atoms with Crippen LogP contribution in [-0.4, -0.2) is 4.57 Å². The standard InChI is InChI=1S/C28H23N/c1-18-13-15-24-21(17-18)27-25(29(24)19-9-5-4-6-10-19)16-14-23-26(27)20-11-7-8-12-22(20)28(23,2)3/h4-17H,1-3H3. The van der Waals surface area contributed by atoms with Crippen LogP contribution < -0.4 is 0 Å². The Hall–Kier alpha value is -3.32. The molecule has 1 heteroatoms. The molecular formula is C28H23N. The van der Waals surface area contributed by atoms with Gasteiger partial charge in [0.25, 0.3) is 0 Å². The summed E-state index contributed by atoms with van der Waals surface area (Å²) in [5.74, 6) is 0. The third-order valence-electron chi connectivity index (χ3n) is 6.64. The van der Waals surface area contributed by atoms with E-state index in [0.29, 0.717) is 0 Å². The highest BCUT2D eigenvalue weighted by Gasteiger charge is 2.37. The molecule has 0 fully saturated rings. The van der Waals surface area contributed by atoms with Crippen molar-refractivity contribution in [1.29, 1.82) is 0 Å². The van der Waals surface area contributed by atoms with Crippen molar-refractivity contribution in [2.45, 2.75) is 26.2 Å². The summed E-state index contributed by atoms with van der Waals surface area (Å²) >= 11 is 0. The smallest absolute Gasteiger partial charge is 0.0547 e. The first-order valence-electron chi connectivity index (χ1n) is 10.3. The number of nitrogens with zero attached hydrogens (tertiary/aromatic N) is 1. The molecule has 29 heavy (non-hydrogen) atoms. The van der Waals surface area contributed by atoms with E-state index in [1.807, 2.05) is 0 Å². The molecule has 0 saturated carbocycles. The summed E-state index contributed by atoms with van der Waals surface area (Å²) in [6.45, 7) is 6.89. The number of aryl methyl sites for hydroxylation is 1. The normalized spacial score (nSPS) is 14.3. The summed E-state index contributed by atoms with van der Waals surface area (Å²) in [7, 11) is 0. The van der Waals surface area contributed by atoms with Crippen LogP contribution in [0.2, 0.25) is 0 Å². The van der Waals surface area contributed by atoms with Crippen LogP contribution in [-0.2, 0) is 5.41 Å². The van der Waals surface area contributed by atoms with Gasteiger partial charge in [0.05, 0.1) is 11.0 Å². The average Bonchev–Trinajstić information content (AvgIpc) is 3.18. The third-order valence-corrected chi connectivity index (χ3v) is 6.64. The van der Waals surface area contributed by atoms with Gasteiger partial charge in [-0.2, -0.15) is 0 Å². The van der Waals surface area contributed by atoms with E-state index in [1.54, 1.807) is 0 Å². The first kappa shape index (κ1) is 16.6. The average molecular weight is 373 g/mol. The largest absolute Gasteiger partial charge is 0.309 e. The number of benzene rings is 4. The van der Waals surface area contributed by atoms with Crippen LogP contribution in [0.3, 0.4) is 0 Å². The van der Waals surface area contributed by atoms with Crippen molar-refractivity contribution in [3.63, 3.8) is 0 Å². The maximum absolute atomic E-state index is 2.42. The summed E-state index contributed by atoms with van der Waals surface area (Å²) in [5, 5.41) is 2.72. The van der Waals surface area contributed by atoms with Crippen LogP contribution in [0.25, 0.3) is 38.6 Å². The third kappa shape index (κ3) is 2.10. The fraction of sp³-hybridized carbons (Fsp3) is 0.143. The molecule has 0 aliphatic heterocycles. The van der Waals surface area contributed by atoms with Gasteiger partial charge in [0.15, 0.2) is 0 Å². The molecule has 4 aromatic carbocycles. The van der Waals surface area contributed by atoms with Crippen molar-refractivity contribution in [2.75, 3.05) is 0 Å². The Balaban J connectivity index is 1.86. The molecule has 0 spiro atoms. The molecular weight excluding hydrogens is 350 g/mol. The summed E-state index contributed by atoms with van der Waals surface area (Å²) in [4.78, 5) is 0. The van der Waals surface area contributed by atoms with Crippen LogP contribution in [0.1, 0.15) is 30.5 Å². The van der Waals surface area contributed by atoms with Crippen molar-refractivity contribution < 1.29 is 0 Å². The van der Waals surface area contributed by atoms with Crippen molar-refractivity contribution >= 4 is 21.8 Å². The molecule has 0 saturated heterocycles. The molecule has 1 heterocycles. The minimum atomic E-state index is 0.0190. The summed E-state index contributed by atoms with van der Waals surface area (Å²) in [6.07, 6.45) is 0. The molecule has 1 aliphatic rings. The van der Waals surface area contributed by atoms with Gasteiger partial charge in [-0.15, -0.1) is 0 Å². The van der Waals surface area contributed by atoms with Gasteiger partial charge in [-0.05, 0) is 59.5 Å². The number of hydrogen-bond acceptors (Lipinski definition) is 0. The van der Waals surface area contributed by atoms with E-state index in [1.165, 1.54) is 55.3 Å². The van der Waals surface area contributed by atoms with Crippen LogP contribution >= 0.6 is 0 Å². The second-order valence-corrected chi connectivity index (χ2v) is 8.74. The highest BCUT2D eigenvalue weighted by atomic mass is 15.0. The van der Waals surface area contributed by atoms with Gasteiger partial charge in [-0.1, -0.05) is 74.0 Å². The zero-order chi connectivity index (χ0) is 19.8. The fourth-order valence-electron chi connectivity index (χ4n) is 5.27. The summed E-state index contributed by atoms with van der Waals surface area (Å²) < 4.78 is 2.42. The Morgan fingerprint density at radius 3 is 2.24 bits per heavy atom. The predicted molar refractivity (Wildman–Crippen MR) is 123 cm³/mol. The topological polar surface area (TPSA) is 4.93 Å². The van der Waals surface area contributed by atoms with Gasteiger partial charge in [0, 0.05) is 21.9 Å². The van der Waals surface area contributed by atoms with E-state index in [4.69, 9.17) is 0 Å². The minimum absolute atomic E-state index is 0.0190. The summed E-state index contributed by atoms with van der Waals surface area (Å²) in [5.41, 5.74) is 10.7. The Bertz CT molecular complexity index is 1420. The second kappa shape index (κ2) is 5.61. The maximum atomic E-state index is 2.42. The van der Waals surface area contributed by atoms with Gasteiger partial charge >= 0.3 is 0 Å². The lowest BCUT2D eigenvalue weighted by Crippen LogP contribution is -2.14. The lowest BCUT2D eigenvalue weighted by Gasteiger charge is -2.21. The molecule has 0 N–H and O–H groups in total. The molecule has 1 aromatic heterocycles. The lowest BCUT2D eigenvalue weighted by molar-refractivity contribution is 0.661. The van der Waals surface area contributed by atoms with E-state index >= 15 is 0 Å². The first-order valence-corrected chi connectivity index (χ1v) is 10.3. The van der Waals surface area contributed by atoms with Gasteiger partial charge < -0.3 is 4.57 Å². The van der Waals surface area contributed by atoms with Crippen molar-refractivity contribution in [1.82, 2.24) is 4.57 Å². The Morgan fingerprint density at radius 1 is 0.690 bits per heavy atom. The highest BCUT2D eigenvalue weighted by molar-refractivity contribution is 6.18. The fourth-order valence-corrected chi connectivity index (χ4v) is 5.27. The zero-order valence-corrected chi connectivity index (χ0v) is 17.0. The molecule has 0 amide bonds. The van der Waals surface area contributed by atoms with E-state index in [-0.39, 0.29) is 5.41 Å². The molecule has 140 valence electrons. The Kier molecular flexibility index (Phi) is 3.21. The number of para-hydroxylation sites is 1. The van der Waals surface area contributed by atoms with Gasteiger partial charge in [-0.25, -0.2) is 0 Å². The molecule has 1 aliphatic carbocycles. The van der Waals surface area contributed by atoms with Crippen molar-refractivity contribution in [3.8, 4) is 16.8 Å². The second-order valence-electron chi connectivity index (χ2n) is 8.74. The van der Waals surface area contributed by atoms with Crippen LogP contribution in [0, 0.1) is 6.92 Å². The van der Waals surface area contributed by atoms with Gasteiger partial charge in [0.2, 0.25) is 0 Å². The summed E-state index contributed by atoms with van der Waals surface area (Å²) in [6, 6.07) is 31.2. The van der Waals surface area contributed by atoms with Gasteiger partial charge in [-0.3, -0.25) is 0 Å². The van der Waals surface area contributed by atoms with E-state index in [9.17, 15) is 0 Å².